The van der Waals surface area contributed by atoms with Crippen molar-refractivity contribution >= 4 is 17.3 Å². The fraction of sp³-hybridized carbons (Fsp3) is 0.562. The number of nitrogens with zero attached hydrogens (tertiary/aromatic N) is 1. The summed E-state index contributed by atoms with van der Waals surface area (Å²) in [5.41, 5.74) is 8.48. The first kappa shape index (κ1) is 13.3. The van der Waals surface area contributed by atoms with Crippen molar-refractivity contribution in [2.75, 3.05) is 23.7 Å². The minimum atomic E-state index is -0.893. The molecule has 0 unspecified atom stereocenters. The molecule has 0 bridgehead atoms. The second-order valence-electron chi connectivity index (χ2n) is 6.27. The smallest absolute Gasteiger partial charge is 0.335 e. The number of hydrogen-bond acceptors (Lipinski definition) is 3. The molecule has 0 atom stereocenters. The average Bonchev–Trinajstić information content (AvgIpc) is 2.89. The molecule has 1 aliphatic carbocycles. The SMILES string of the molecule is Nc1ccc(C(=O)O)cc1N1CCC2(CCCC2)CC1. The molecule has 1 spiro atoms. The highest BCUT2D eigenvalue weighted by Crippen LogP contribution is 2.47. The minimum Gasteiger partial charge on any atom is -0.478 e. The van der Waals surface area contributed by atoms with E-state index < -0.39 is 5.97 Å². The van der Waals surface area contributed by atoms with Gasteiger partial charge < -0.3 is 15.7 Å². The van der Waals surface area contributed by atoms with Crippen molar-refractivity contribution < 1.29 is 9.90 Å². The van der Waals surface area contributed by atoms with Gasteiger partial charge in [0.2, 0.25) is 0 Å². The highest BCUT2D eigenvalue weighted by atomic mass is 16.4. The first-order valence-corrected chi connectivity index (χ1v) is 7.47. The standard InChI is InChI=1S/C16H22N2O2/c17-13-4-3-12(15(19)20)11-14(13)18-9-7-16(8-10-18)5-1-2-6-16/h3-4,11H,1-2,5-10,17H2,(H,19,20). The van der Waals surface area contributed by atoms with E-state index in [9.17, 15) is 4.79 Å². The number of carboxylic acids is 1. The van der Waals surface area contributed by atoms with Crippen LogP contribution >= 0.6 is 0 Å². The van der Waals surface area contributed by atoms with Gasteiger partial charge in [0.1, 0.15) is 0 Å². The number of anilines is 2. The number of hydrogen-bond donors (Lipinski definition) is 2. The van der Waals surface area contributed by atoms with Crippen LogP contribution in [0.3, 0.4) is 0 Å². The summed E-state index contributed by atoms with van der Waals surface area (Å²) >= 11 is 0. The molecule has 1 aromatic carbocycles. The van der Waals surface area contributed by atoms with Crippen LogP contribution in [0.5, 0.6) is 0 Å². The van der Waals surface area contributed by atoms with E-state index in [0.717, 1.165) is 18.8 Å². The number of nitrogens with two attached hydrogens (primary N) is 1. The predicted molar refractivity (Wildman–Crippen MR) is 80.2 cm³/mol. The molecule has 2 aliphatic rings. The molecule has 1 aliphatic heterocycles. The number of piperidine rings is 1. The zero-order chi connectivity index (χ0) is 14.2. The molecule has 0 aromatic heterocycles. The zero-order valence-corrected chi connectivity index (χ0v) is 11.8. The van der Waals surface area contributed by atoms with Crippen LogP contribution in [0.25, 0.3) is 0 Å². The number of benzene rings is 1. The number of rotatable bonds is 2. The number of nitrogen functional groups attached to an aromatic ring is 1. The van der Waals surface area contributed by atoms with E-state index in [0.29, 0.717) is 16.7 Å². The molecule has 108 valence electrons. The molecule has 4 nitrogen and oxygen atoms in total. The quantitative estimate of drug-likeness (QED) is 0.813. The second-order valence-corrected chi connectivity index (χ2v) is 6.27. The summed E-state index contributed by atoms with van der Waals surface area (Å²) in [6, 6.07) is 4.99. The second kappa shape index (κ2) is 5.00. The van der Waals surface area contributed by atoms with E-state index in [1.807, 2.05) is 0 Å². The fourth-order valence-electron chi connectivity index (χ4n) is 3.80. The topological polar surface area (TPSA) is 66.6 Å². The predicted octanol–water partition coefficient (Wildman–Crippen LogP) is 3.13. The van der Waals surface area contributed by atoms with Gasteiger partial charge in [-0.05, 0) is 49.3 Å². The largest absolute Gasteiger partial charge is 0.478 e. The van der Waals surface area contributed by atoms with Crippen molar-refractivity contribution in [1.82, 2.24) is 0 Å². The number of carbonyl (C=O) groups is 1. The molecule has 20 heavy (non-hydrogen) atoms. The van der Waals surface area contributed by atoms with Gasteiger partial charge in [-0.2, -0.15) is 0 Å². The highest BCUT2D eigenvalue weighted by Gasteiger charge is 2.37. The van der Waals surface area contributed by atoms with Crippen LogP contribution < -0.4 is 10.6 Å². The van der Waals surface area contributed by atoms with Crippen molar-refractivity contribution in [3.8, 4) is 0 Å². The van der Waals surface area contributed by atoms with Crippen LogP contribution in [0.2, 0.25) is 0 Å². The monoisotopic (exact) mass is 274 g/mol. The molecule has 3 rings (SSSR count). The third-order valence-corrected chi connectivity index (χ3v) is 5.11. The summed E-state index contributed by atoms with van der Waals surface area (Å²) in [5, 5.41) is 9.11. The van der Waals surface area contributed by atoms with Gasteiger partial charge in [0, 0.05) is 13.1 Å². The molecule has 1 heterocycles. The summed E-state index contributed by atoms with van der Waals surface area (Å²) in [7, 11) is 0. The Bertz CT molecular complexity index is 511. The van der Waals surface area contributed by atoms with Crippen molar-refractivity contribution in [1.29, 1.82) is 0 Å². The molecule has 2 fully saturated rings. The maximum Gasteiger partial charge on any atom is 0.335 e. The maximum absolute atomic E-state index is 11.1. The molecular weight excluding hydrogens is 252 g/mol. The molecule has 0 amide bonds. The summed E-state index contributed by atoms with van der Waals surface area (Å²) in [6.45, 7) is 1.99. The lowest BCUT2D eigenvalue weighted by molar-refractivity contribution is 0.0697. The highest BCUT2D eigenvalue weighted by molar-refractivity contribution is 5.90. The Hall–Kier alpha value is -1.71. The van der Waals surface area contributed by atoms with Gasteiger partial charge in [-0.3, -0.25) is 0 Å². The third-order valence-electron chi connectivity index (χ3n) is 5.11. The van der Waals surface area contributed by atoms with Crippen molar-refractivity contribution in [2.24, 2.45) is 5.41 Å². The Labute approximate surface area is 119 Å². The van der Waals surface area contributed by atoms with Gasteiger partial charge in [-0.15, -0.1) is 0 Å². The van der Waals surface area contributed by atoms with Gasteiger partial charge in [0.05, 0.1) is 16.9 Å². The number of carboxylic acid groups (broad SMARTS) is 1. The first-order chi connectivity index (χ1) is 9.60. The van der Waals surface area contributed by atoms with Crippen LogP contribution in [-0.2, 0) is 0 Å². The molecule has 1 aromatic rings. The lowest BCUT2D eigenvalue weighted by Crippen LogP contribution is -2.39. The molecule has 0 radical (unpaired) electrons. The van der Waals surface area contributed by atoms with Crippen molar-refractivity contribution in [3.63, 3.8) is 0 Å². The summed E-state index contributed by atoms with van der Waals surface area (Å²) in [4.78, 5) is 13.3. The van der Waals surface area contributed by atoms with E-state index in [2.05, 4.69) is 4.90 Å². The molecule has 1 saturated carbocycles. The Morgan fingerprint density at radius 1 is 1.15 bits per heavy atom. The Kier molecular flexibility index (Phi) is 3.32. The summed E-state index contributed by atoms with van der Waals surface area (Å²) < 4.78 is 0. The van der Waals surface area contributed by atoms with Gasteiger partial charge in [0.25, 0.3) is 0 Å². The Morgan fingerprint density at radius 2 is 1.80 bits per heavy atom. The molecule has 3 N–H and O–H groups in total. The molecule has 4 heteroatoms. The summed E-state index contributed by atoms with van der Waals surface area (Å²) in [5.74, 6) is -0.893. The maximum atomic E-state index is 11.1. The fourth-order valence-corrected chi connectivity index (χ4v) is 3.80. The number of aromatic carboxylic acids is 1. The van der Waals surface area contributed by atoms with Gasteiger partial charge in [-0.1, -0.05) is 12.8 Å². The van der Waals surface area contributed by atoms with Crippen molar-refractivity contribution in [3.05, 3.63) is 23.8 Å². The lowest BCUT2D eigenvalue weighted by Gasteiger charge is -2.41. The van der Waals surface area contributed by atoms with Crippen LogP contribution in [0, 0.1) is 5.41 Å². The van der Waals surface area contributed by atoms with Crippen LogP contribution in [-0.4, -0.2) is 24.2 Å². The van der Waals surface area contributed by atoms with E-state index in [1.165, 1.54) is 38.5 Å². The van der Waals surface area contributed by atoms with Gasteiger partial charge >= 0.3 is 5.97 Å². The van der Waals surface area contributed by atoms with Crippen LogP contribution in [0.1, 0.15) is 48.9 Å². The van der Waals surface area contributed by atoms with E-state index in [4.69, 9.17) is 10.8 Å². The molecular formula is C16H22N2O2. The van der Waals surface area contributed by atoms with Crippen molar-refractivity contribution in [2.45, 2.75) is 38.5 Å². The normalized spacial score (nSPS) is 21.3. The summed E-state index contributed by atoms with van der Waals surface area (Å²) in [6.07, 6.45) is 7.90. The minimum absolute atomic E-state index is 0.315. The van der Waals surface area contributed by atoms with Gasteiger partial charge in [-0.25, -0.2) is 4.79 Å². The van der Waals surface area contributed by atoms with Crippen LogP contribution in [0.15, 0.2) is 18.2 Å². The lowest BCUT2D eigenvalue weighted by atomic mass is 9.77. The van der Waals surface area contributed by atoms with Gasteiger partial charge in [0.15, 0.2) is 0 Å². The Balaban J connectivity index is 1.77. The Morgan fingerprint density at radius 3 is 2.40 bits per heavy atom. The zero-order valence-electron chi connectivity index (χ0n) is 11.8. The third kappa shape index (κ3) is 2.35. The molecule has 1 saturated heterocycles. The average molecular weight is 274 g/mol. The van der Waals surface area contributed by atoms with Crippen LogP contribution in [0.4, 0.5) is 11.4 Å². The van der Waals surface area contributed by atoms with E-state index >= 15 is 0 Å². The first-order valence-electron chi connectivity index (χ1n) is 7.47. The van der Waals surface area contributed by atoms with E-state index in [-0.39, 0.29) is 0 Å². The van der Waals surface area contributed by atoms with E-state index in [1.54, 1.807) is 18.2 Å².